The number of methoxy groups -OCH3 is 1. The lowest BCUT2D eigenvalue weighted by Gasteiger charge is -2.21. The van der Waals surface area contributed by atoms with Crippen molar-refractivity contribution in [1.82, 2.24) is 10.2 Å². The largest absolute Gasteiger partial charge is 0.384 e. The molecule has 0 aromatic heterocycles. The van der Waals surface area contributed by atoms with Crippen LogP contribution in [0.1, 0.15) is 26.7 Å². The van der Waals surface area contributed by atoms with Gasteiger partial charge in [-0.15, -0.1) is 24.0 Å². The van der Waals surface area contributed by atoms with Crippen LogP contribution in [-0.2, 0) is 9.47 Å². The summed E-state index contributed by atoms with van der Waals surface area (Å²) in [5, 5.41) is 3.40. The average Bonchev–Trinajstić information content (AvgIpc) is 2.82. The number of guanidine groups is 1. The van der Waals surface area contributed by atoms with E-state index in [2.05, 4.69) is 29.1 Å². The minimum atomic E-state index is 0. The molecule has 1 N–H and O–H groups in total. The third-order valence-corrected chi connectivity index (χ3v) is 3.25. The Hall–Kier alpha value is -0.0800. The molecular weight excluding hydrogens is 369 g/mol. The Morgan fingerprint density at radius 3 is 2.80 bits per heavy atom. The van der Waals surface area contributed by atoms with Gasteiger partial charge < -0.3 is 19.7 Å². The number of halogens is 1. The SMILES string of the molecule is CN=C(NCCCOC(C)C)N1CCC(COC)C1.I. The van der Waals surface area contributed by atoms with Crippen molar-refractivity contribution in [2.24, 2.45) is 10.9 Å². The van der Waals surface area contributed by atoms with Gasteiger partial charge in [0.2, 0.25) is 0 Å². The van der Waals surface area contributed by atoms with Gasteiger partial charge in [0, 0.05) is 46.3 Å². The summed E-state index contributed by atoms with van der Waals surface area (Å²) < 4.78 is 10.7. The topological polar surface area (TPSA) is 46.1 Å². The Kier molecular flexibility index (Phi) is 11.5. The Morgan fingerprint density at radius 1 is 1.45 bits per heavy atom. The summed E-state index contributed by atoms with van der Waals surface area (Å²) in [7, 11) is 3.61. The van der Waals surface area contributed by atoms with Crippen LogP contribution in [0.25, 0.3) is 0 Å². The van der Waals surface area contributed by atoms with Gasteiger partial charge in [-0.3, -0.25) is 4.99 Å². The van der Waals surface area contributed by atoms with Gasteiger partial charge in [-0.25, -0.2) is 0 Å². The van der Waals surface area contributed by atoms with E-state index < -0.39 is 0 Å². The summed E-state index contributed by atoms with van der Waals surface area (Å²) in [6.07, 6.45) is 2.50. The smallest absolute Gasteiger partial charge is 0.193 e. The monoisotopic (exact) mass is 399 g/mol. The maximum absolute atomic E-state index is 5.52. The van der Waals surface area contributed by atoms with Crippen molar-refractivity contribution < 1.29 is 9.47 Å². The Balaban J connectivity index is 0.00000361. The maximum atomic E-state index is 5.52. The standard InChI is InChI=1S/C14H29N3O2.HI/c1-12(2)19-9-5-7-16-14(15-3)17-8-6-13(10-17)11-18-4;/h12-13H,5-11H2,1-4H3,(H,15,16);1H. The molecule has 0 amide bonds. The number of rotatable bonds is 7. The van der Waals surface area contributed by atoms with Crippen molar-refractivity contribution >= 4 is 29.9 Å². The van der Waals surface area contributed by atoms with E-state index in [1.807, 2.05) is 7.05 Å². The van der Waals surface area contributed by atoms with Gasteiger partial charge in [0.05, 0.1) is 12.7 Å². The van der Waals surface area contributed by atoms with Crippen LogP contribution in [0.3, 0.4) is 0 Å². The molecule has 1 aliphatic rings. The molecule has 1 unspecified atom stereocenters. The summed E-state index contributed by atoms with van der Waals surface area (Å²) in [5.41, 5.74) is 0. The van der Waals surface area contributed by atoms with Crippen LogP contribution in [0.5, 0.6) is 0 Å². The molecule has 1 aliphatic heterocycles. The van der Waals surface area contributed by atoms with Crippen molar-refractivity contribution in [3.8, 4) is 0 Å². The minimum absolute atomic E-state index is 0. The fraction of sp³-hybridized carbons (Fsp3) is 0.929. The highest BCUT2D eigenvalue weighted by Crippen LogP contribution is 2.16. The lowest BCUT2D eigenvalue weighted by atomic mass is 10.1. The lowest BCUT2D eigenvalue weighted by molar-refractivity contribution is 0.0776. The first-order chi connectivity index (χ1) is 9.17. The molecule has 0 bridgehead atoms. The third kappa shape index (κ3) is 7.64. The highest BCUT2D eigenvalue weighted by atomic mass is 127. The molecule has 120 valence electrons. The van der Waals surface area contributed by atoms with Crippen molar-refractivity contribution in [1.29, 1.82) is 0 Å². The zero-order valence-electron chi connectivity index (χ0n) is 13.2. The van der Waals surface area contributed by atoms with Crippen LogP contribution in [0.4, 0.5) is 0 Å². The van der Waals surface area contributed by atoms with Gasteiger partial charge in [0.25, 0.3) is 0 Å². The summed E-state index contributed by atoms with van der Waals surface area (Å²) in [6, 6.07) is 0. The molecule has 0 aromatic carbocycles. The van der Waals surface area contributed by atoms with Gasteiger partial charge in [-0.05, 0) is 26.7 Å². The fourth-order valence-corrected chi connectivity index (χ4v) is 2.32. The van der Waals surface area contributed by atoms with Crippen LogP contribution < -0.4 is 5.32 Å². The zero-order valence-corrected chi connectivity index (χ0v) is 15.6. The summed E-state index contributed by atoms with van der Waals surface area (Å²) in [6.45, 7) is 8.78. The highest BCUT2D eigenvalue weighted by Gasteiger charge is 2.24. The van der Waals surface area contributed by atoms with Crippen molar-refractivity contribution in [3.05, 3.63) is 0 Å². The quantitative estimate of drug-likeness (QED) is 0.308. The molecular formula is C14H30IN3O2. The van der Waals surface area contributed by atoms with E-state index in [4.69, 9.17) is 9.47 Å². The molecule has 6 heteroatoms. The Morgan fingerprint density at radius 2 is 2.20 bits per heavy atom. The molecule has 5 nitrogen and oxygen atoms in total. The third-order valence-electron chi connectivity index (χ3n) is 3.25. The summed E-state index contributed by atoms with van der Waals surface area (Å²) in [4.78, 5) is 6.66. The van der Waals surface area contributed by atoms with Crippen molar-refractivity contribution in [2.75, 3.05) is 47.0 Å². The molecule has 1 heterocycles. The summed E-state index contributed by atoms with van der Waals surface area (Å²) in [5.74, 6) is 1.64. The molecule has 0 radical (unpaired) electrons. The van der Waals surface area contributed by atoms with E-state index in [9.17, 15) is 0 Å². The second-order valence-electron chi connectivity index (χ2n) is 5.30. The molecule has 1 fully saturated rings. The molecule has 1 saturated heterocycles. The molecule has 0 saturated carbocycles. The zero-order chi connectivity index (χ0) is 14.1. The van der Waals surface area contributed by atoms with E-state index in [-0.39, 0.29) is 24.0 Å². The fourth-order valence-electron chi connectivity index (χ4n) is 2.32. The van der Waals surface area contributed by atoms with Crippen LogP contribution in [0.2, 0.25) is 0 Å². The number of hydrogen-bond donors (Lipinski definition) is 1. The predicted molar refractivity (Wildman–Crippen MR) is 94.0 cm³/mol. The minimum Gasteiger partial charge on any atom is -0.384 e. The molecule has 0 spiro atoms. The first-order valence-electron chi connectivity index (χ1n) is 7.23. The average molecular weight is 399 g/mol. The number of ether oxygens (including phenoxy) is 2. The van der Waals surface area contributed by atoms with Gasteiger partial charge >= 0.3 is 0 Å². The van der Waals surface area contributed by atoms with E-state index in [0.29, 0.717) is 12.0 Å². The molecule has 0 aromatic rings. The van der Waals surface area contributed by atoms with E-state index >= 15 is 0 Å². The molecule has 0 aliphatic carbocycles. The number of likely N-dealkylation sites (tertiary alicyclic amines) is 1. The molecule has 1 atom stereocenters. The Labute approximate surface area is 140 Å². The van der Waals surface area contributed by atoms with Crippen molar-refractivity contribution in [2.45, 2.75) is 32.8 Å². The van der Waals surface area contributed by atoms with E-state index in [1.54, 1.807) is 7.11 Å². The van der Waals surface area contributed by atoms with Crippen LogP contribution in [-0.4, -0.2) is 64.0 Å². The second-order valence-corrected chi connectivity index (χ2v) is 5.30. The number of nitrogens with one attached hydrogen (secondary N) is 1. The first kappa shape index (κ1) is 19.9. The summed E-state index contributed by atoms with van der Waals surface area (Å²) >= 11 is 0. The van der Waals surface area contributed by atoms with E-state index in [0.717, 1.165) is 45.2 Å². The van der Waals surface area contributed by atoms with Crippen LogP contribution in [0.15, 0.2) is 4.99 Å². The Bertz CT molecular complexity index is 275. The molecule has 1 rings (SSSR count). The normalized spacial score (nSPS) is 19.4. The number of nitrogens with zero attached hydrogens (tertiary/aromatic N) is 2. The predicted octanol–water partition coefficient (Wildman–Crippen LogP) is 1.96. The highest BCUT2D eigenvalue weighted by molar-refractivity contribution is 14.0. The van der Waals surface area contributed by atoms with Crippen LogP contribution >= 0.6 is 24.0 Å². The maximum Gasteiger partial charge on any atom is 0.193 e. The van der Waals surface area contributed by atoms with Crippen molar-refractivity contribution in [3.63, 3.8) is 0 Å². The molecule has 20 heavy (non-hydrogen) atoms. The van der Waals surface area contributed by atoms with Gasteiger partial charge in [0.15, 0.2) is 5.96 Å². The van der Waals surface area contributed by atoms with E-state index in [1.165, 1.54) is 6.42 Å². The number of hydrogen-bond acceptors (Lipinski definition) is 3. The first-order valence-corrected chi connectivity index (χ1v) is 7.23. The van der Waals surface area contributed by atoms with Gasteiger partial charge in [0.1, 0.15) is 0 Å². The number of aliphatic imine (C=N–C) groups is 1. The van der Waals surface area contributed by atoms with Gasteiger partial charge in [-0.1, -0.05) is 0 Å². The second kappa shape index (κ2) is 11.6. The lowest BCUT2D eigenvalue weighted by Crippen LogP contribution is -2.40. The van der Waals surface area contributed by atoms with Gasteiger partial charge in [-0.2, -0.15) is 0 Å². The van der Waals surface area contributed by atoms with Crippen LogP contribution in [0, 0.1) is 5.92 Å².